The van der Waals surface area contributed by atoms with Gasteiger partial charge in [-0.2, -0.15) is 0 Å². The van der Waals surface area contributed by atoms with Crippen LogP contribution in [0.3, 0.4) is 0 Å². The second-order valence-electron chi connectivity index (χ2n) is 5.95. The number of fused-ring (bicyclic) bond motifs is 1. The second kappa shape index (κ2) is 8.14. The van der Waals surface area contributed by atoms with Crippen LogP contribution in [-0.2, 0) is 6.61 Å². The molecule has 6 nitrogen and oxygen atoms in total. The highest BCUT2D eigenvalue weighted by Crippen LogP contribution is 2.34. The van der Waals surface area contributed by atoms with Crippen LogP contribution in [-0.4, -0.2) is 24.2 Å². The van der Waals surface area contributed by atoms with Gasteiger partial charge in [0.15, 0.2) is 17.3 Å². The molecule has 0 aliphatic carbocycles. The van der Waals surface area contributed by atoms with Gasteiger partial charge in [-0.3, -0.25) is 0 Å². The number of nitrogens with one attached hydrogen (secondary N) is 1. The summed E-state index contributed by atoms with van der Waals surface area (Å²) in [6.45, 7) is 0.384. The molecule has 0 radical (unpaired) electrons. The topological polar surface area (TPSA) is 65.5 Å². The molecule has 0 atom stereocenters. The average molecular weight is 393 g/mol. The summed E-state index contributed by atoms with van der Waals surface area (Å²) in [5, 5.41) is 5.33. The quantitative estimate of drug-likeness (QED) is 0.475. The number of para-hydroxylation sites is 1. The molecule has 4 rings (SSSR count). The van der Waals surface area contributed by atoms with Crippen molar-refractivity contribution in [1.82, 2.24) is 9.97 Å². The molecule has 0 amide bonds. The molecule has 2 heterocycles. The average Bonchev–Trinajstić information content (AvgIpc) is 3.23. The van der Waals surface area contributed by atoms with Gasteiger partial charge in [0.05, 0.1) is 24.4 Å². The van der Waals surface area contributed by atoms with E-state index in [9.17, 15) is 0 Å². The third-order valence-corrected chi connectivity index (χ3v) is 5.16. The largest absolute Gasteiger partial charge is 0.496 e. The van der Waals surface area contributed by atoms with E-state index in [1.165, 1.54) is 0 Å². The maximum Gasteiger partial charge on any atom is 0.162 e. The Morgan fingerprint density at radius 3 is 2.64 bits per heavy atom. The van der Waals surface area contributed by atoms with Crippen LogP contribution in [0, 0.1) is 0 Å². The van der Waals surface area contributed by atoms with Crippen molar-refractivity contribution in [3.8, 4) is 17.2 Å². The van der Waals surface area contributed by atoms with Crippen molar-refractivity contribution in [3.63, 3.8) is 0 Å². The van der Waals surface area contributed by atoms with Crippen LogP contribution in [0.2, 0.25) is 0 Å². The maximum absolute atomic E-state index is 5.96. The lowest BCUT2D eigenvalue weighted by atomic mass is 10.2. The van der Waals surface area contributed by atoms with Gasteiger partial charge in [0, 0.05) is 17.3 Å². The molecule has 28 heavy (non-hydrogen) atoms. The molecule has 7 heteroatoms. The number of benzene rings is 2. The highest BCUT2D eigenvalue weighted by Gasteiger charge is 2.10. The van der Waals surface area contributed by atoms with Crippen molar-refractivity contribution in [1.29, 1.82) is 0 Å². The highest BCUT2D eigenvalue weighted by molar-refractivity contribution is 7.17. The van der Waals surface area contributed by atoms with Crippen molar-refractivity contribution in [3.05, 3.63) is 65.8 Å². The Balaban J connectivity index is 1.54. The van der Waals surface area contributed by atoms with Crippen molar-refractivity contribution in [2.75, 3.05) is 19.5 Å². The van der Waals surface area contributed by atoms with Crippen molar-refractivity contribution in [2.45, 2.75) is 6.61 Å². The predicted octanol–water partition coefficient (Wildman–Crippen LogP) is 5.03. The Kier molecular flexibility index (Phi) is 5.25. The van der Waals surface area contributed by atoms with E-state index in [0.29, 0.717) is 18.1 Å². The molecule has 142 valence electrons. The summed E-state index contributed by atoms with van der Waals surface area (Å²) in [6, 6.07) is 15.4. The molecular formula is C21H19N3O3S. The Morgan fingerprint density at radius 1 is 0.929 bits per heavy atom. The molecule has 1 N–H and O–H groups in total. The van der Waals surface area contributed by atoms with Gasteiger partial charge in [-0.25, -0.2) is 9.97 Å². The normalized spacial score (nSPS) is 10.6. The smallest absolute Gasteiger partial charge is 0.162 e. The van der Waals surface area contributed by atoms with E-state index < -0.39 is 0 Å². The molecule has 0 bridgehead atoms. The van der Waals surface area contributed by atoms with Gasteiger partial charge in [0.2, 0.25) is 0 Å². The zero-order valence-corrected chi connectivity index (χ0v) is 16.3. The summed E-state index contributed by atoms with van der Waals surface area (Å²) >= 11 is 1.60. The van der Waals surface area contributed by atoms with Gasteiger partial charge in [-0.05, 0) is 29.6 Å². The summed E-state index contributed by atoms with van der Waals surface area (Å²) in [6.07, 6.45) is 1.55. The van der Waals surface area contributed by atoms with Crippen LogP contribution in [0.25, 0.3) is 10.2 Å². The van der Waals surface area contributed by atoms with Crippen LogP contribution < -0.4 is 19.5 Å². The minimum Gasteiger partial charge on any atom is -0.496 e. The summed E-state index contributed by atoms with van der Waals surface area (Å²) in [7, 11) is 3.27. The zero-order chi connectivity index (χ0) is 19.3. The number of hydrogen-bond donors (Lipinski definition) is 1. The first-order chi connectivity index (χ1) is 13.8. The first kappa shape index (κ1) is 18.1. The first-order valence-electron chi connectivity index (χ1n) is 8.66. The Morgan fingerprint density at radius 2 is 1.79 bits per heavy atom. The Bertz CT molecular complexity index is 1100. The highest BCUT2D eigenvalue weighted by atomic mass is 32.1. The number of thiophene rings is 1. The summed E-state index contributed by atoms with van der Waals surface area (Å²) in [5.74, 6) is 2.85. The van der Waals surface area contributed by atoms with Crippen LogP contribution in [0.15, 0.2) is 60.2 Å². The van der Waals surface area contributed by atoms with E-state index in [0.717, 1.165) is 33.0 Å². The summed E-state index contributed by atoms with van der Waals surface area (Å²) in [5.41, 5.74) is 2.75. The van der Waals surface area contributed by atoms with Crippen molar-refractivity contribution >= 4 is 33.1 Å². The molecule has 0 saturated heterocycles. The summed E-state index contributed by atoms with van der Waals surface area (Å²) < 4.78 is 17.9. The predicted molar refractivity (Wildman–Crippen MR) is 111 cm³/mol. The first-order valence-corrected chi connectivity index (χ1v) is 9.54. The lowest BCUT2D eigenvalue weighted by molar-refractivity contribution is 0.278. The van der Waals surface area contributed by atoms with Gasteiger partial charge in [0.25, 0.3) is 0 Å². The number of aromatic nitrogens is 2. The fourth-order valence-electron chi connectivity index (χ4n) is 2.86. The number of anilines is 2. The minimum absolute atomic E-state index is 0.384. The Labute approximate surface area is 166 Å². The molecule has 2 aromatic heterocycles. The number of ether oxygens (including phenoxy) is 3. The monoisotopic (exact) mass is 393 g/mol. The number of nitrogens with zero attached hydrogens (tertiary/aromatic N) is 2. The molecular weight excluding hydrogens is 374 g/mol. The van der Waals surface area contributed by atoms with E-state index in [2.05, 4.69) is 15.3 Å². The zero-order valence-electron chi connectivity index (χ0n) is 15.5. The Hall–Kier alpha value is -3.32. The van der Waals surface area contributed by atoms with Crippen molar-refractivity contribution < 1.29 is 14.2 Å². The van der Waals surface area contributed by atoms with E-state index in [1.807, 2.05) is 53.9 Å². The third kappa shape index (κ3) is 3.70. The molecule has 0 aliphatic rings. The number of rotatable bonds is 7. The fourth-order valence-corrected chi connectivity index (χ4v) is 3.65. The maximum atomic E-state index is 5.96. The van der Waals surface area contributed by atoms with E-state index in [4.69, 9.17) is 14.2 Å². The minimum atomic E-state index is 0.384. The molecule has 0 spiro atoms. The fraction of sp³-hybridized carbons (Fsp3) is 0.143. The van der Waals surface area contributed by atoms with Gasteiger partial charge in [0.1, 0.15) is 18.7 Å². The second-order valence-corrected chi connectivity index (χ2v) is 6.86. The van der Waals surface area contributed by atoms with Crippen LogP contribution in [0.5, 0.6) is 17.2 Å². The van der Waals surface area contributed by atoms with Crippen molar-refractivity contribution in [2.24, 2.45) is 0 Å². The molecule has 2 aromatic carbocycles. The molecule has 4 aromatic rings. The van der Waals surface area contributed by atoms with Gasteiger partial charge in [-0.1, -0.05) is 18.2 Å². The standard InChI is InChI=1S/C21H19N3O3S/c1-25-17-6-4-3-5-14(17)12-27-18-8-7-15(11-19(18)26-2)24-21-20-16(9-10-28-20)22-13-23-21/h3-11,13H,12H2,1-2H3,(H,22,23,24). The van der Waals surface area contributed by atoms with E-state index in [1.54, 1.807) is 31.9 Å². The number of hydrogen-bond acceptors (Lipinski definition) is 7. The van der Waals surface area contributed by atoms with Crippen LogP contribution >= 0.6 is 11.3 Å². The van der Waals surface area contributed by atoms with E-state index >= 15 is 0 Å². The van der Waals surface area contributed by atoms with Crippen LogP contribution in [0.4, 0.5) is 11.5 Å². The number of methoxy groups -OCH3 is 2. The van der Waals surface area contributed by atoms with Gasteiger partial charge in [-0.15, -0.1) is 11.3 Å². The van der Waals surface area contributed by atoms with Gasteiger partial charge >= 0.3 is 0 Å². The van der Waals surface area contributed by atoms with Crippen LogP contribution in [0.1, 0.15) is 5.56 Å². The lowest BCUT2D eigenvalue weighted by Gasteiger charge is -2.14. The third-order valence-electron chi connectivity index (χ3n) is 4.25. The lowest BCUT2D eigenvalue weighted by Crippen LogP contribution is -2.01. The van der Waals surface area contributed by atoms with E-state index in [-0.39, 0.29) is 0 Å². The molecule has 0 fully saturated rings. The summed E-state index contributed by atoms with van der Waals surface area (Å²) in [4.78, 5) is 8.61. The molecule has 0 unspecified atom stereocenters. The SMILES string of the molecule is COc1ccccc1COc1ccc(Nc2ncnc3ccsc23)cc1OC. The van der Waals surface area contributed by atoms with Gasteiger partial charge < -0.3 is 19.5 Å². The molecule has 0 saturated carbocycles. The molecule has 0 aliphatic heterocycles.